The van der Waals surface area contributed by atoms with E-state index in [0.29, 0.717) is 12.0 Å². The molecule has 0 amide bonds. The monoisotopic (exact) mass is 232 g/mol. The van der Waals surface area contributed by atoms with Crippen molar-refractivity contribution in [1.29, 1.82) is 0 Å². The van der Waals surface area contributed by atoms with Crippen molar-refractivity contribution in [2.24, 2.45) is 5.92 Å². The smallest absolute Gasteiger partial charge is 0.154 e. The zero-order valence-corrected chi connectivity index (χ0v) is 8.11. The molecule has 0 saturated carbocycles. The second kappa shape index (κ2) is 3.41. The molecule has 1 aliphatic rings. The molecule has 4 heteroatoms. The summed E-state index contributed by atoms with van der Waals surface area (Å²) < 4.78 is 3.58. The lowest BCUT2D eigenvalue weighted by molar-refractivity contribution is -0.112. The molecule has 66 valence electrons. The highest BCUT2D eigenvalue weighted by Crippen LogP contribution is 2.31. The first-order chi connectivity index (χ1) is 5.60. The van der Waals surface area contributed by atoms with Gasteiger partial charge in [-0.25, -0.2) is 0 Å². The van der Waals surface area contributed by atoms with Gasteiger partial charge in [-0.2, -0.15) is 0 Å². The molecule has 0 bridgehead atoms. The van der Waals surface area contributed by atoms with Gasteiger partial charge in [0.25, 0.3) is 0 Å². The Morgan fingerprint density at radius 1 is 1.83 bits per heavy atom. The van der Waals surface area contributed by atoms with E-state index in [1.165, 1.54) is 13.2 Å². The van der Waals surface area contributed by atoms with Crippen LogP contribution in [0.2, 0.25) is 0 Å². The summed E-state index contributed by atoms with van der Waals surface area (Å²) in [6, 6.07) is 0. The van der Waals surface area contributed by atoms with E-state index in [-0.39, 0.29) is 0 Å². The maximum atomic E-state index is 10.5. The summed E-state index contributed by atoms with van der Waals surface area (Å²) in [6.07, 6.45) is 5.36. The van der Waals surface area contributed by atoms with Gasteiger partial charge in [-0.15, -0.1) is 0 Å². The molecular formula is C8H9BrO3. The lowest BCUT2D eigenvalue weighted by Crippen LogP contribution is -2.31. The second-order valence-electron chi connectivity index (χ2n) is 2.50. The SMILES string of the molecule is COC1=CC(O)(Br)C(C=O)C=C1. The fourth-order valence-electron chi connectivity index (χ4n) is 0.945. The van der Waals surface area contributed by atoms with E-state index >= 15 is 0 Å². The van der Waals surface area contributed by atoms with Gasteiger partial charge in [-0.3, -0.25) is 0 Å². The van der Waals surface area contributed by atoms with Crippen LogP contribution in [0.15, 0.2) is 24.0 Å². The van der Waals surface area contributed by atoms with E-state index in [4.69, 9.17) is 4.74 Å². The summed E-state index contributed by atoms with van der Waals surface area (Å²) in [5, 5.41) is 9.61. The second-order valence-corrected chi connectivity index (χ2v) is 3.77. The van der Waals surface area contributed by atoms with Crippen molar-refractivity contribution in [2.45, 2.75) is 4.51 Å². The van der Waals surface area contributed by atoms with Crippen molar-refractivity contribution in [3.63, 3.8) is 0 Å². The van der Waals surface area contributed by atoms with Crippen molar-refractivity contribution in [2.75, 3.05) is 7.11 Å². The summed E-state index contributed by atoms with van der Waals surface area (Å²) in [7, 11) is 1.50. The van der Waals surface area contributed by atoms with E-state index in [0.717, 1.165) is 0 Å². The van der Waals surface area contributed by atoms with E-state index in [9.17, 15) is 9.90 Å². The number of hydrogen-bond donors (Lipinski definition) is 1. The summed E-state index contributed by atoms with van der Waals surface area (Å²) in [5.74, 6) is -0.0242. The van der Waals surface area contributed by atoms with E-state index in [1.54, 1.807) is 12.2 Å². The Labute approximate surface area is 78.8 Å². The molecule has 2 atom stereocenters. The van der Waals surface area contributed by atoms with E-state index in [2.05, 4.69) is 15.9 Å². The molecule has 0 fully saturated rings. The highest BCUT2D eigenvalue weighted by atomic mass is 79.9. The maximum Gasteiger partial charge on any atom is 0.154 e. The van der Waals surface area contributed by atoms with Crippen LogP contribution in [0.5, 0.6) is 0 Å². The molecule has 3 nitrogen and oxygen atoms in total. The van der Waals surface area contributed by atoms with Gasteiger partial charge in [-0.05, 0) is 22.0 Å². The Kier molecular flexibility index (Phi) is 2.69. The molecule has 0 saturated heterocycles. The quantitative estimate of drug-likeness (QED) is 0.571. The number of allylic oxidation sites excluding steroid dienone is 1. The fourth-order valence-corrected chi connectivity index (χ4v) is 1.43. The van der Waals surface area contributed by atoms with Gasteiger partial charge >= 0.3 is 0 Å². The zero-order valence-electron chi connectivity index (χ0n) is 6.53. The normalized spacial score (nSPS) is 34.2. The number of carbonyl (C=O) groups is 1. The minimum Gasteiger partial charge on any atom is -0.497 e. The molecule has 12 heavy (non-hydrogen) atoms. The van der Waals surface area contributed by atoms with Gasteiger partial charge in [0.15, 0.2) is 4.51 Å². The summed E-state index contributed by atoms with van der Waals surface area (Å²) in [6.45, 7) is 0. The van der Waals surface area contributed by atoms with Crippen molar-refractivity contribution >= 4 is 22.2 Å². The van der Waals surface area contributed by atoms with Gasteiger partial charge in [0, 0.05) is 6.08 Å². The average Bonchev–Trinajstić information content (AvgIpc) is 2.02. The van der Waals surface area contributed by atoms with Crippen LogP contribution >= 0.6 is 15.9 Å². The lowest BCUT2D eigenvalue weighted by Gasteiger charge is -2.25. The van der Waals surface area contributed by atoms with Gasteiger partial charge < -0.3 is 14.6 Å². The Morgan fingerprint density at radius 3 is 2.92 bits per heavy atom. The van der Waals surface area contributed by atoms with E-state index in [1.807, 2.05) is 0 Å². The van der Waals surface area contributed by atoms with Crippen LogP contribution in [-0.2, 0) is 9.53 Å². The van der Waals surface area contributed by atoms with Gasteiger partial charge in [-0.1, -0.05) is 6.08 Å². The summed E-state index contributed by atoms with van der Waals surface area (Å²) in [5.41, 5.74) is 0. The number of alkyl halides is 1. The Morgan fingerprint density at radius 2 is 2.50 bits per heavy atom. The number of rotatable bonds is 2. The van der Waals surface area contributed by atoms with Gasteiger partial charge in [0.1, 0.15) is 12.0 Å². The minimum absolute atomic E-state index is 0.535. The van der Waals surface area contributed by atoms with Crippen molar-refractivity contribution in [3.05, 3.63) is 24.0 Å². The van der Waals surface area contributed by atoms with E-state index < -0.39 is 10.4 Å². The van der Waals surface area contributed by atoms with Crippen LogP contribution < -0.4 is 0 Å². The molecule has 0 radical (unpaired) electrons. The first-order valence-electron chi connectivity index (χ1n) is 3.42. The fraction of sp³-hybridized carbons (Fsp3) is 0.375. The van der Waals surface area contributed by atoms with Gasteiger partial charge in [0.2, 0.25) is 0 Å². The summed E-state index contributed by atoms with van der Waals surface area (Å²) in [4.78, 5) is 10.5. The number of hydrogen-bond acceptors (Lipinski definition) is 3. The predicted molar refractivity (Wildman–Crippen MR) is 47.7 cm³/mol. The molecular weight excluding hydrogens is 224 g/mol. The van der Waals surface area contributed by atoms with Crippen molar-refractivity contribution < 1.29 is 14.6 Å². The molecule has 1 N–H and O–H groups in total. The Balaban J connectivity index is 2.90. The number of ether oxygens (including phenoxy) is 1. The zero-order chi connectivity index (χ0) is 9.19. The topological polar surface area (TPSA) is 46.5 Å². The molecule has 0 aromatic heterocycles. The Bertz CT molecular complexity index is 243. The molecule has 0 aromatic rings. The third kappa shape index (κ3) is 1.76. The molecule has 0 aliphatic heterocycles. The third-order valence-electron chi connectivity index (χ3n) is 1.66. The Hall–Kier alpha value is -0.610. The number of aldehydes is 1. The van der Waals surface area contributed by atoms with Crippen LogP contribution in [0.25, 0.3) is 0 Å². The number of aliphatic hydroxyl groups is 1. The molecule has 0 spiro atoms. The molecule has 1 rings (SSSR count). The average molecular weight is 233 g/mol. The first kappa shape index (κ1) is 9.48. The lowest BCUT2D eigenvalue weighted by atomic mass is 9.98. The molecule has 0 heterocycles. The number of carbonyl (C=O) groups excluding carboxylic acids is 1. The van der Waals surface area contributed by atoms with Crippen LogP contribution in [0.3, 0.4) is 0 Å². The molecule has 0 aromatic carbocycles. The highest BCUT2D eigenvalue weighted by molar-refractivity contribution is 9.10. The third-order valence-corrected chi connectivity index (χ3v) is 2.42. The first-order valence-corrected chi connectivity index (χ1v) is 4.21. The number of methoxy groups -OCH3 is 1. The van der Waals surface area contributed by atoms with Crippen LogP contribution in [-0.4, -0.2) is 23.0 Å². The minimum atomic E-state index is -1.31. The standard InChI is InChI=1S/C8H9BrO3/c1-12-7-3-2-6(5-10)8(9,11)4-7/h2-6,11H,1H3. The van der Waals surface area contributed by atoms with Crippen LogP contribution in [0, 0.1) is 5.92 Å². The van der Waals surface area contributed by atoms with Crippen LogP contribution in [0.4, 0.5) is 0 Å². The van der Waals surface area contributed by atoms with Crippen molar-refractivity contribution in [1.82, 2.24) is 0 Å². The highest BCUT2D eigenvalue weighted by Gasteiger charge is 2.32. The largest absolute Gasteiger partial charge is 0.497 e. The molecule has 1 aliphatic carbocycles. The molecule has 2 unspecified atom stereocenters. The summed E-state index contributed by atoms with van der Waals surface area (Å²) >= 11 is 3.02. The predicted octanol–water partition coefficient (Wildman–Crippen LogP) is 0.985. The van der Waals surface area contributed by atoms with Crippen LogP contribution in [0.1, 0.15) is 0 Å². The maximum absolute atomic E-state index is 10.5. The van der Waals surface area contributed by atoms with Crippen molar-refractivity contribution in [3.8, 4) is 0 Å². The number of halogens is 1. The van der Waals surface area contributed by atoms with Gasteiger partial charge in [0.05, 0.1) is 13.0 Å².